The van der Waals surface area contributed by atoms with Crippen LogP contribution in [0.1, 0.15) is 37.5 Å². The van der Waals surface area contributed by atoms with Crippen LogP contribution in [-0.2, 0) is 11.8 Å². The van der Waals surface area contributed by atoms with Crippen molar-refractivity contribution >= 4 is 22.6 Å². The van der Waals surface area contributed by atoms with Gasteiger partial charge in [0, 0.05) is 3.57 Å². The molecule has 2 aromatic rings. The first-order chi connectivity index (χ1) is 8.45. The molecule has 2 rings (SSSR count). The maximum atomic E-state index is 2.36. The van der Waals surface area contributed by atoms with Crippen molar-refractivity contribution in [1.29, 1.82) is 0 Å². The Morgan fingerprint density at radius 2 is 1.56 bits per heavy atom. The van der Waals surface area contributed by atoms with E-state index in [0.717, 1.165) is 6.42 Å². The molecule has 0 N–H and O–H groups in total. The molecule has 0 amide bonds. The van der Waals surface area contributed by atoms with Crippen LogP contribution in [0.3, 0.4) is 0 Å². The van der Waals surface area contributed by atoms with Gasteiger partial charge in [0.1, 0.15) is 0 Å². The van der Waals surface area contributed by atoms with E-state index in [0.29, 0.717) is 0 Å². The zero-order chi connectivity index (χ0) is 13.2. The fraction of sp³-hybridized carbons (Fsp3) is 0.294. The van der Waals surface area contributed by atoms with E-state index in [9.17, 15) is 0 Å². The highest BCUT2D eigenvalue weighted by atomic mass is 127. The van der Waals surface area contributed by atoms with Crippen LogP contribution in [0, 0.1) is 3.57 Å². The first-order valence-corrected chi connectivity index (χ1v) is 7.37. The molecular weight excluding hydrogens is 331 g/mol. The Bertz CT molecular complexity index is 518. The Balaban J connectivity index is 2.16. The van der Waals surface area contributed by atoms with Crippen molar-refractivity contribution in [2.45, 2.75) is 32.6 Å². The largest absolute Gasteiger partial charge is 0.0609 e. The highest BCUT2D eigenvalue weighted by Gasteiger charge is 2.12. The van der Waals surface area contributed by atoms with Crippen molar-refractivity contribution < 1.29 is 0 Å². The van der Waals surface area contributed by atoms with Crippen LogP contribution >= 0.6 is 22.6 Å². The first-order valence-electron chi connectivity index (χ1n) is 6.29. The van der Waals surface area contributed by atoms with Crippen LogP contribution in [0.5, 0.6) is 0 Å². The monoisotopic (exact) mass is 350 g/mol. The summed E-state index contributed by atoms with van der Waals surface area (Å²) in [5.41, 5.74) is 4.39. The van der Waals surface area contributed by atoms with Crippen molar-refractivity contribution in [3.8, 4) is 0 Å². The summed E-state index contributed by atoms with van der Waals surface area (Å²) in [6.45, 7) is 6.75. The summed E-state index contributed by atoms with van der Waals surface area (Å²) in [7, 11) is 0. The highest BCUT2D eigenvalue weighted by Crippen LogP contribution is 2.23. The van der Waals surface area contributed by atoms with E-state index in [1.54, 1.807) is 0 Å². The van der Waals surface area contributed by atoms with Crippen LogP contribution in [0.25, 0.3) is 0 Å². The second-order valence-corrected chi connectivity index (χ2v) is 7.00. The van der Waals surface area contributed by atoms with Gasteiger partial charge >= 0.3 is 0 Å². The first kappa shape index (κ1) is 13.6. The topological polar surface area (TPSA) is 0 Å². The molecule has 0 aromatic heterocycles. The predicted molar refractivity (Wildman–Crippen MR) is 87.1 cm³/mol. The van der Waals surface area contributed by atoms with Crippen LogP contribution in [-0.4, -0.2) is 0 Å². The van der Waals surface area contributed by atoms with Crippen molar-refractivity contribution in [3.05, 3.63) is 68.8 Å². The van der Waals surface area contributed by atoms with Crippen LogP contribution in [0.15, 0.2) is 48.5 Å². The van der Waals surface area contributed by atoms with Gasteiger partial charge in [0.05, 0.1) is 0 Å². The zero-order valence-corrected chi connectivity index (χ0v) is 13.4. The lowest BCUT2D eigenvalue weighted by Gasteiger charge is -2.19. The van der Waals surface area contributed by atoms with Crippen molar-refractivity contribution in [2.24, 2.45) is 0 Å². The van der Waals surface area contributed by atoms with E-state index in [-0.39, 0.29) is 5.41 Å². The summed E-state index contributed by atoms with van der Waals surface area (Å²) in [6, 6.07) is 17.7. The summed E-state index contributed by atoms with van der Waals surface area (Å²) >= 11 is 2.36. The smallest absolute Gasteiger partial charge is 0.0133 e. The molecule has 0 aliphatic carbocycles. The number of hydrogen-bond acceptors (Lipinski definition) is 0. The Labute approximate surface area is 124 Å². The average molecular weight is 350 g/mol. The predicted octanol–water partition coefficient (Wildman–Crippen LogP) is 5.18. The van der Waals surface area contributed by atoms with E-state index >= 15 is 0 Å². The molecule has 0 spiro atoms. The molecular formula is C17H19I. The SMILES string of the molecule is CC(C)(C)c1ccc(Cc2cccc(I)c2)cc1. The Kier molecular flexibility index (Phi) is 4.10. The summed E-state index contributed by atoms with van der Waals surface area (Å²) < 4.78 is 1.30. The van der Waals surface area contributed by atoms with Crippen LogP contribution in [0.2, 0.25) is 0 Å². The normalized spacial score (nSPS) is 11.6. The maximum Gasteiger partial charge on any atom is 0.0133 e. The highest BCUT2D eigenvalue weighted by molar-refractivity contribution is 14.1. The molecule has 94 valence electrons. The van der Waals surface area contributed by atoms with Gasteiger partial charge in [-0.1, -0.05) is 57.2 Å². The lowest BCUT2D eigenvalue weighted by atomic mass is 9.86. The van der Waals surface area contributed by atoms with Gasteiger partial charge in [-0.25, -0.2) is 0 Å². The molecule has 1 heteroatoms. The average Bonchev–Trinajstić information content (AvgIpc) is 2.28. The van der Waals surface area contributed by atoms with Gasteiger partial charge in [0.15, 0.2) is 0 Å². The quantitative estimate of drug-likeness (QED) is 0.655. The van der Waals surface area contributed by atoms with Gasteiger partial charge in [0.2, 0.25) is 0 Å². The molecule has 18 heavy (non-hydrogen) atoms. The Hall–Kier alpha value is -0.830. The van der Waals surface area contributed by atoms with Gasteiger partial charge in [-0.05, 0) is 63.2 Å². The number of benzene rings is 2. The van der Waals surface area contributed by atoms with Crippen molar-refractivity contribution in [2.75, 3.05) is 0 Å². The number of rotatable bonds is 2. The fourth-order valence-electron chi connectivity index (χ4n) is 2.01. The molecule has 0 heterocycles. The minimum atomic E-state index is 0.237. The Morgan fingerprint density at radius 3 is 2.11 bits per heavy atom. The van der Waals surface area contributed by atoms with Gasteiger partial charge in [0.25, 0.3) is 0 Å². The summed E-state index contributed by atoms with van der Waals surface area (Å²) in [5.74, 6) is 0. The molecule has 0 bridgehead atoms. The third kappa shape index (κ3) is 3.58. The minimum absolute atomic E-state index is 0.237. The third-order valence-electron chi connectivity index (χ3n) is 3.12. The van der Waals surface area contributed by atoms with Crippen molar-refractivity contribution in [3.63, 3.8) is 0 Å². The van der Waals surface area contributed by atoms with E-state index in [4.69, 9.17) is 0 Å². The van der Waals surface area contributed by atoms with Gasteiger partial charge in [-0.3, -0.25) is 0 Å². The molecule has 0 saturated carbocycles. The zero-order valence-electron chi connectivity index (χ0n) is 11.2. The molecule has 0 radical (unpaired) electrons. The second-order valence-electron chi connectivity index (χ2n) is 5.75. The molecule has 2 aromatic carbocycles. The van der Waals surface area contributed by atoms with Gasteiger partial charge in [-0.2, -0.15) is 0 Å². The number of halogens is 1. The summed E-state index contributed by atoms with van der Waals surface area (Å²) in [4.78, 5) is 0. The molecule has 0 fully saturated rings. The fourth-order valence-corrected chi connectivity index (χ4v) is 2.61. The lowest BCUT2D eigenvalue weighted by Crippen LogP contribution is -2.10. The molecule has 0 nitrogen and oxygen atoms in total. The van der Waals surface area contributed by atoms with Crippen molar-refractivity contribution in [1.82, 2.24) is 0 Å². The molecule has 0 unspecified atom stereocenters. The standard InChI is InChI=1S/C17H19I/c1-17(2,3)15-9-7-13(8-10-15)11-14-5-4-6-16(18)12-14/h4-10,12H,11H2,1-3H3. The third-order valence-corrected chi connectivity index (χ3v) is 3.79. The number of hydrogen-bond donors (Lipinski definition) is 0. The van der Waals surface area contributed by atoms with Crippen LogP contribution in [0.4, 0.5) is 0 Å². The molecule has 0 aliphatic heterocycles. The summed E-state index contributed by atoms with van der Waals surface area (Å²) in [6.07, 6.45) is 1.02. The second kappa shape index (κ2) is 5.43. The van der Waals surface area contributed by atoms with E-state index in [1.807, 2.05) is 0 Å². The minimum Gasteiger partial charge on any atom is -0.0609 e. The lowest BCUT2D eigenvalue weighted by molar-refractivity contribution is 0.590. The Morgan fingerprint density at radius 1 is 0.889 bits per heavy atom. The molecule has 0 atom stereocenters. The summed E-state index contributed by atoms with van der Waals surface area (Å²) in [5, 5.41) is 0. The van der Waals surface area contributed by atoms with E-state index in [2.05, 4.69) is 91.9 Å². The maximum absolute atomic E-state index is 2.36. The van der Waals surface area contributed by atoms with Gasteiger partial charge < -0.3 is 0 Å². The van der Waals surface area contributed by atoms with E-state index in [1.165, 1.54) is 20.3 Å². The molecule has 0 saturated heterocycles. The van der Waals surface area contributed by atoms with Crippen LogP contribution < -0.4 is 0 Å². The van der Waals surface area contributed by atoms with E-state index < -0.39 is 0 Å². The molecule has 0 aliphatic rings. The van der Waals surface area contributed by atoms with Gasteiger partial charge in [-0.15, -0.1) is 0 Å².